The van der Waals surface area contributed by atoms with Crippen LogP contribution >= 0.6 is 0 Å². The highest BCUT2D eigenvalue weighted by Gasteiger charge is 2.15. The molecule has 20 heavy (non-hydrogen) atoms. The molecule has 0 bridgehead atoms. The molecule has 1 heterocycles. The zero-order valence-corrected chi connectivity index (χ0v) is 12.8. The average molecular weight is 272 g/mol. The second-order valence-electron chi connectivity index (χ2n) is 6.17. The van der Waals surface area contributed by atoms with Gasteiger partial charge in [-0.25, -0.2) is 9.97 Å². The second kappa shape index (κ2) is 6.07. The van der Waals surface area contributed by atoms with Crippen molar-refractivity contribution in [1.82, 2.24) is 9.97 Å². The van der Waals surface area contributed by atoms with E-state index in [0.717, 1.165) is 35.5 Å². The predicted octanol–water partition coefficient (Wildman–Crippen LogP) is 3.33. The normalized spacial score (nSPS) is 11.5. The first-order valence-corrected chi connectivity index (χ1v) is 7.22. The summed E-state index contributed by atoms with van der Waals surface area (Å²) in [6.45, 7) is 10.9. The Morgan fingerprint density at radius 3 is 2.30 bits per heavy atom. The van der Waals surface area contributed by atoms with Crippen LogP contribution in [-0.2, 0) is 0 Å². The van der Waals surface area contributed by atoms with Crippen LogP contribution < -0.4 is 10.6 Å². The number of nitrogens with zero attached hydrogens (tertiary/aromatic N) is 3. The van der Waals surface area contributed by atoms with E-state index in [-0.39, 0.29) is 0 Å². The van der Waals surface area contributed by atoms with Crippen LogP contribution in [0.1, 0.15) is 27.7 Å². The highest BCUT2D eigenvalue weighted by molar-refractivity contribution is 5.91. The summed E-state index contributed by atoms with van der Waals surface area (Å²) >= 11 is 0. The summed E-state index contributed by atoms with van der Waals surface area (Å²) in [6.07, 6.45) is 1.63. The molecule has 0 saturated heterocycles. The Labute approximate surface area is 121 Å². The molecule has 2 N–H and O–H groups in total. The van der Waals surface area contributed by atoms with Gasteiger partial charge in [0.05, 0.1) is 5.52 Å². The number of fused-ring (bicyclic) bond motifs is 1. The number of hydrogen-bond donors (Lipinski definition) is 1. The van der Waals surface area contributed by atoms with Crippen molar-refractivity contribution >= 4 is 22.4 Å². The Morgan fingerprint density at radius 2 is 1.70 bits per heavy atom. The number of nitrogens with two attached hydrogens (primary N) is 1. The number of rotatable bonds is 5. The van der Waals surface area contributed by atoms with Gasteiger partial charge in [0.2, 0.25) is 0 Å². The van der Waals surface area contributed by atoms with Crippen molar-refractivity contribution in [2.75, 3.05) is 23.7 Å². The standard InChI is InChI=1S/C16H24N4/c1-11(2)8-20(9-12(3)4)16-14-6-5-13(17)7-15(14)18-10-19-16/h5-7,10-12H,8-9,17H2,1-4H3. The van der Waals surface area contributed by atoms with E-state index in [1.165, 1.54) is 0 Å². The SMILES string of the molecule is CC(C)CN(CC(C)C)c1ncnc2cc(N)ccc12. The van der Waals surface area contributed by atoms with Gasteiger partial charge in [-0.15, -0.1) is 0 Å². The van der Waals surface area contributed by atoms with Crippen molar-refractivity contribution in [3.63, 3.8) is 0 Å². The van der Waals surface area contributed by atoms with Crippen molar-refractivity contribution in [2.24, 2.45) is 11.8 Å². The molecule has 0 aliphatic heterocycles. The van der Waals surface area contributed by atoms with Crippen molar-refractivity contribution in [2.45, 2.75) is 27.7 Å². The van der Waals surface area contributed by atoms with Crippen LogP contribution in [0.5, 0.6) is 0 Å². The second-order valence-corrected chi connectivity index (χ2v) is 6.17. The third-order valence-electron chi connectivity index (χ3n) is 3.11. The van der Waals surface area contributed by atoms with E-state index in [1.807, 2.05) is 18.2 Å². The maximum atomic E-state index is 5.84. The molecule has 108 valence electrons. The molecule has 0 aliphatic carbocycles. The van der Waals surface area contributed by atoms with Gasteiger partial charge in [-0.05, 0) is 30.0 Å². The molecule has 4 nitrogen and oxygen atoms in total. The molecule has 2 rings (SSSR count). The van der Waals surface area contributed by atoms with Crippen molar-refractivity contribution in [3.05, 3.63) is 24.5 Å². The van der Waals surface area contributed by atoms with E-state index < -0.39 is 0 Å². The molecule has 0 aliphatic rings. The molecule has 0 spiro atoms. The first-order valence-electron chi connectivity index (χ1n) is 7.22. The fourth-order valence-electron chi connectivity index (χ4n) is 2.44. The van der Waals surface area contributed by atoms with E-state index in [9.17, 15) is 0 Å². The molecule has 0 amide bonds. The molecular weight excluding hydrogens is 248 g/mol. The lowest BCUT2D eigenvalue weighted by Gasteiger charge is -2.28. The van der Waals surface area contributed by atoms with Crippen LogP contribution in [-0.4, -0.2) is 23.1 Å². The third kappa shape index (κ3) is 3.38. The van der Waals surface area contributed by atoms with Gasteiger partial charge in [0.25, 0.3) is 0 Å². The molecule has 2 aromatic rings. The Morgan fingerprint density at radius 1 is 1.05 bits per heavy atom. The number of aromatic nitrogens is 2. The highest BCUT2D eigenvalue weighted by Crippen LogP contribution is 2.25. The van der Waals surface area contributed by atoms with Crippen LogP contribution in [0.15, 0.2) is 24.5 Å². The monoisotopic (exact) mass is 272 g/mol. The van der Waals surface area contributed by atoms with E-state index in [2.05, 4.69) is 42.6 Å². The molecule has 1 aromatic heterocycles. The Bertz CT molecular complexity index is 568. The van der Waals surface area contributed by atoms with Crippen molar-refractivity contribution in [1.29, 1.82) is 0 Å². The minimum atomic E-state index is 0.590. The first kappa shape index (κ1) is 14.6. The predicted molar refractivity (Wildman–Crippen MR) is 85.8 cm³/mol. The lowest BCUT2D eigenvalue weighted by atomic mass is 10.1. The fraction of sp³-hybridized carbons (Fsp3) is 0.500. The van der Waals surface area contributed by atoms with Gasteiger partial charge in [-0.3, -0.25) is 0 Å². The highest BCUT2D eigenvalue weighted by atomic mass is 15.2. The topological polar surface area (TPSA) is 55.0 Å². The van der Waals surface area contributed by atoms with E-state index in [1.54, 1.807) is 6.33 Å². The smallest absolute Gasteiger partial charge is 0.139 e. The molecule has 1 aromatic carbocycles. The molecule has 0 unspecified atom stereocenters. The third-order valence-corrected chi connectivity index (χ3v) is 3.11. The average Bonchev–Trinajstić information content (AvgIpc) is 2.35. The summed E-state index contributed by atoms with van der Waals surface area (Å²) in [5, 5.41) is 1.07. The molecule has 4 heteroatoms. The summed E-state index contributed by atoms with van der Waals surface area (Å²) < 4.78 is 0. The maximum Gasteiger partial charge on any atom is 0.139 e. The first-order chi connectivity index (χ1) is 9.47. The maximum absolute atomic E-state index is 5.84. The van der Waals surface area contributed by atoms with Gasteiger partial charge in [0.15, 0.2) is 0 Å². The fourth-order valence-corrected chi connectivity index (χ4v) is 2.44. The van der Waals surface area contributed by atoms with Gasteiger partial charge >= 0.3 is 0 Å². The quantitative estimate of drug-likeness (QED) is 0.848. The summed E-state index contributed by atoms with van der Waals surface area (Å²) in [4.78, 5) is 11.2. The number of anilines is 2. The van der Waals surface area contributed by atoms with Crippen molar-refractivity contribution < 1.29 is 0 Å². The van der Waals surface area contributed by atoms with Crippen LogP contribution in [0, 0.1) is 11.8 Å². The van der Waals surface area contributed by atoms with Crippen LogP contribution in [0.3, 0.4) is 0 Å². The lowest BCUT2D eigenvalue weighted by Crippen LogP contribution is -2.32. The Balaban J connectivity index is 2.46. The number of nitrogen functional groups attached to an aromatic ring is 1. The van der Waals surface area contributed by atoms with Crippen molar-refractivity contribution in [3.8, 4) is 0 Å². The zero-order valence-electron chi connectivity index (χ0n) is 12.8. The van der Waals surface area contributed by atoms with Gasteiger partial charge < -0.3 is 10.6 Å². The largest absolute Gasteiger partial charge is 0.399 e. The van der Waals surface area contributed by atoms with Gasteiger partial charge in [-0.1, -0.05) is 27.7 Å². The molecular formula is C16H24N4. The van der Waals surface area contributed by atoms with E-state index in [4.69, 9.17) is 5.73 Å². The summed E-state index contributed by atoms with van der Waals surface area (Å²) in [5.41, 5.74) is 7.48. The zero-order chi connectivity index (χ0) is 14.7. The van der Waals surface area contributed by atoms with Crippen LogP contribution in [0.2, 0.25) is 0 Å². The van der Waals surface area contributed by atoms with E-state index >= 15 is 0 Å². The molecule has 0 radical (unpaired) electrons. The van der Waals surface area contributed by atoms with Gasteiger partial charge in [-0.2, -0.15) is 0 Å². The Hall–Kier alpha value is -1.84. The summed E-state index contributed by atoms with van der Waals surface area (Å²) in [5.74, 6) is 2.19. The molecule has 0 fully saturated rings. The van der Waals surface area contributed by atoms with Crippen LogP contribution in [0.4, 0.5) is 11.5 Å². The molecule has 0 atom stereocenters. The van der Waals surface area contributed by atoms with Gasteiger partial charge in [0, 0.05) is 24.2 Å². The van der Waals surface area contributed by atoms with Crippen LogP contribution in [0.25, 0.3) is 10.9 Å². The number of benzene rings is 1. The minimum absolute atomic E-state index is 0.590. The summed E-state index contributed by atoms with van der Waals surface area (Å²) in [6, 6.07) is 5.84. The van der Waals surface area contributed by atoms with E-state index in [0.29, 0.717) is 11.8 Å². The van der Waals surface area contributed by atoms with Gasteiger partial charge in [0.1, 0.15) is 12.1 Å². The lowest BCUT2D eigenvalue weighted by molar-refractivity contribution is 0.550. The molecule has 0 saturated carbocycles. The minimum Gasteiger partial charge on any atom is -0.399 e. The summed E-state index contributed by atoms with van der Waals surface area (Å²) in [7, 11) is 0. The number of hydrogen-bond acceptors (Lipinski definition) is 4. The Kier molecular flexibility index (Phi) is 4.42.